The monoisotopic (exact) mass is 232 g/mol. The van der Waals surface area contributed by atoms with Crippen molar-refractivity contribution in [1.82, 2.24) is 0 Å². The van der Waals surface area contributed by atoms with Crippen LogP contribution in [0.2, 0.25) is 0 Å². The smallest absolute Gasteiger partial charge is 0.342 e. The van der Waals surface area contributed by atoms with Gasteiger partial charge >= 0.3 is 5.97 Å². The highest BCUT2D eigenvalue weighted by Gasteiger charge is 2.34. The molecular formula is C7H11Cl3O2. The number of carbonyl (C=O) groups excluding carboxylic acids is 1. The zero-order valence-electron chi connectivity index (χ0n) is 6.94. The average Bonchev–Trinajstić information content (AvgIpc) is 1.99. The molecule has 2 nitrogen and oxygen atoms in total. The van der Waals surface area contributed by atoms with Crippen LogP contribution in [0.1, 0.15) is 19.8 Å². The molecule has 0 aromatic rings. The first-order valence-electron chi connectivity index (χ1n) is 3.50. The van der Waals surface area contributed by atoms with Gasteiger partial charge in [0.1, 0.15) is 0 Å². The van der Waals surface area contributed by atoms with Gasteiger partial charge in [0.25, 0.3) is 0 Å². The zero-order chi connectivity index (χ0) is 9.78. The van der Waals surface area contributed by atoms with E-state index in [0.717, 1.165) is 0 Å². The molecule has 1 unspecified atom stereocenters. The summed E-state index contributed by atoms with van der Waals surface area (Å²) in [6.45, 7) is 1.81. The second-order valence-corrected chi connectivity index (χ2v) is 4.74. The summed E-state index contributed by atoms with van der Waals surface area (Å²) in [6, 6.07) is 0. The molecule has 0 saturated heterocycles. The van der Waals surface area contributed by atoms with Crippen molar-refractivity contribution < 1.29 is 9.53 Å². The number of halogens is 3. The third-order valence-electron chi connectivity index (χ3n) is 1.34. The van der Waals surface area contributed by atoms with Crippen LogP contribution in [0.15, 0.2) is 0 Å². The van der Waals surface area contributed by atoms with Crippen LogP contribution in [0.25, 0.3) is 0 Å². The van der Waals surface area contributed by atoms with Crippen LogP contribution >= 0.6 is 34.8 Å². The van der Waals surface area contributed by atoms with Gasteiger partial charge in [-0.15, -0.1) is 11.6 Å². The Morgan fingerprint density at radius 1 is 1.58 bits per heavy atom. The van der Waals surface area contributed by atoms with Gasteiger partial charge in [-0.2, -0.15) is 0 Å². The van der Waals surface area contributed by atoms with Crippen molar-refractivity contribution in [2.24, 2.45) is 0 Å². The van der Waals surface area contributed by atoms with Gasteiger partial charge in [0.05, 0.1) is 7.11 Å². The molecule has 0 radical (unpaired) electrons. The van der Waals surface area contributed by atoms with Gasteiger partial charge < -0.3 is 4.74 Å². The van der Waals surface area contributed by atoms with Gasteiger partial charge in [0, 0.05) is 5.38 Å². The zero-order valence-corrected chi connectivity index (χ0v) is 9.21. The van der Waals surface area contributed by atoms with E-state index in [0.29, 0.717) is 12.8 Å². The molecule has 1 atom stereocenters. The maximum absolute atomic E-state index is 10.9. The summed E-state index contributed by atoms with van der Waals surface area (Å²) in [5.74, 6) is -0.636. The van der Waals surface area contributed by atoms with Crippen LogP contribution in [-0.2, 0) is 9.53 Å². The third kappa shape index (κ3) is 4.39. The first kappa shape index (κ1) is 12.3. The molecule has 0 aromatic heterocycles. The molecule has 0 fully saturated rings. The van der Waals surface area contributed by atoms with Crippen LogP contribution < -0.4 is 0 Å². The van der Waals surface area contributed by atoms with E-state index < -0.39 is 10.3 Å². The SMILES string of the molecule is COC(=O)C(Cl)(Cl)CCC(C)Cl. The minimum atomic E-state index is -1.46. The van der Waals surface area contributed by atoms with Crippen molar-refractivity contribution in [2.45, 2.75) is 29.5 Å². The Labute approximate surface area is 87.1 Å². The largest absolute Gasteiger partial charge is 0.467 e. The molecule has 0 amide bonds. The molecular weight excluding hydrogens is 222 g/mol. The lowest BCUT2D eigenvalue weighted by molar-refractivity contribution is -0.141. The van der Waals surface area contributed by atoms with E-state index in [1.807, 2.05) is 6.92 Å². The van der Waals surface area contributed by atoms with Crippen molar-refractivity contribution in [3.63, 3.8) is 0 Å². The molecule has 0 aromatic carbocycles. The number of hydrogen-bond donors (Lipinski definition) is 0. The highest BCUT2D eigenvalue weighted by molar-refractivity contribution is 6.57. The molecule has 72 valence electrons. The van der Waals surface area contributed by atoms with Gasteiger partial charge in [-0.1, -0.05) is 23.2 Å². The Kier molecular flexibility index (Phi) is 5.30. The van der Waals surface area contributed by atoms with Gasteiger partial charge in [0.15, 0.2) is 0 Å². The molecule has 0 saturated carbocycles. The fraction of sp³-hybridized carbons (Fsp3) is 0.857. The molecule has 5 heteroatoms. The van der Waals surface area contributed by atoms with Crippen molar-refractivity contribution in [3.05, 3.63) is 0 Å². The Bertz CT molecular complexity index is 157. The van der Waals surface area contributed by atoms with E-state index >= 15 is 0 Å². The Morgan fingerprint density at radius 3 is 2.42 bits per heavy atom. The molecule has 0 aliphatic carbocycles. The number of ether oxygens (including phenoxy) is 1. The molecule has 0 rings (SSSR count). The average molecular weight is 234 g/mol. The van der Waals surface area contributed by atoms with E-state index in [1.54, 1.807) is 0 Å². The normalized spacial score (nSPS) is 14.1. The lowest BCUT2D eigenvalue weighted by atomic mass is 10.2. The highest BCUT2D eigenvalue weighted by Crippen LogP contribution is 2.29. The van der Waals surface area contributed by atoms with Crippen LogP contribution in [0.3, 0.4) is 0 Å². The van der Waals surface area contributed by atoms with E-state index in [-0.39, 0.29) is 5.38 Å². The summed E-state index contributed by atoms with van der Waals surface area (Å²) in [4.78, 5) is 10.9. The summed E-state index contributed by atoms with van der Waals surface area (Å²) < 4.78 is 2.94. The van der Waals surface area contributed by atoms with Crippen molar-refractivity contribution in [2.75, 3.05) is 7.11 Å². The van der Waals surface area contributed by atoms with E-state index in [4.69, 9.17) is 34.8 Å². The minimum absolute atomic E-state index is 0.0495. The van der Waals surface area contributed by atoms with E-state index in [1.165, 1.54) is 7.11 Å². The molecule has 12 heavy (non-hydrogen) atoms. The predicted octanol–water partition coefficient (Wildman–Crippen LogP) is 2.74. The lowest BCUT2D eigenvalue weighted by Gasteiger charge is -2.16. The maximum Gasteiger partial charge on any atom is 0.342 e. The molecule has 0 heterocycles. The Balaban J connectivity index is 3.95. The predicted molar refractivity (Wildman–Crippen MR) is 51.0 cm³/mol. The first-order chi connectivity index (χ1) is 5.40. The Morgan fingerprint density at radius 2 is 2.08 bits per heavy atom. The quantitative estimate of drug-likeness (QED) is 0.551. The van der Waals surface area contributed by atoms with Crippen LogP contribution in [-0.4, -0.2) is 22.8 Å². The van der Waals surface area contributed by atoms with Gasteiger partial charge in [-0.25, -0.2) is 4.79 Å². The first-order valence-corrected chi connectivity index (χ1v) is 4.69. The van der Waals surface area contributed by atoms with Crippen molar-refractivity contribution in [1.29, 1.82) is 0 Å². The fourth-order valence-electron chi connectivity index (χ4n) is 0.632. The number of esters is 1. The topological polar surface area (TPSA) is 26.3 Å². The van der Waals surface area contributed by atoms with E-state index in [2.05, 4.69) is 4.74 Å². The summed E-state index contributed by atoms with van der Waals surface area (Å²) in [6.07, 6.45) is 0.872. The third-order valence-corrected chi connectivity index (χ3v) is 2.24. The molecule has 0 aliphatic rings. The van der Waals surface area contributed by atoms with Gasteiger partial charge in [-0.3, -0.25) is 0 Å². The van der Waals surface area contributed by atoms with Gasteiger partial charge in [-0.05, 0) is 19.8 Å². The second-order valence-electron chi connectivity index (χ2n) is 2.52. The number of carbonyl (C=O) groups is 1. The van der Waals surface area contributed by atoms with Gasteiger partial charge in [0.2, 0.25) is 4.33 Å². The standard InChI is InChI=1S/C7H11Cl3O2/c1-5(8)3-4-7(9,10)6(11)12-2/h5H,3-4H2,1-2H3. The summed E-state index contributed by atoms with van der Waals surface area (Å²) in [5.41, 5.74) is 0. The molecule has 0 aliphatic heterocycles. The van der Waals surface area contributed by atoms with Crippen molar-refractivity contribution >= 4 is 40.8 Å². The number of methoxy groups -OCH3 is 1. The highest BCUT2D eigenvalue weighted by atomic mass is 35.5. The molecule has 0 bridgehead atoms. The summed E-state index contributed by atoms with van der Waals surface area (Å²) in [7, 11) is 1.24. The van der Waals surface area contributed by atoms with Crippen LogP contribution in [0.5, 0.6) is 0 Å². The second kappa shape index (κ2) is 5.15. The maximum atomic E-state index is 10.9. The number of rotatable bonds is 4. The minimum Gasteiger partial charge on any atom is -0.467 e. The van der Waals surface area contributed by atoms with E-state index in [9.17, 15) is 4.79 Å². The number of alkyl halides is 3. The fourth-order valence-corrected chi connectivity index (χ4v) is 1.11. The lowest BCUT2D eigenvalue weighted by Crippen LogP contribution is -2.27. The van der Waals surface area contributed by atoms with Crippen LogP contribution in [0.4, 0.5) is 0 Å². The Hall–Kier alpha value is 0.340. The van der Waals surface area contributed by atoms with Crippen LogP contribution in [0, 0.1) is 0 Å². The number of hydrogen-bond acceptors (Lipinski definition) is 2. The summed E-state index contributed by atoms with van der Waals surface area (Å²) >= 11 is 17.0. The molecule has 0 N–H and O–H groups in total. The van der Waals surface area contributed by atoms with Crippen molar-refractivity contribution in [3.8, 4) is 0 Å². The summed E-state index contributed by atoms with van der Waals surface area (Å²) in [5, 5.41) is -0.0495. The molecule has 0 spiro atoms.